The van der Waals surface area contributed by atoms with E-state index in [9.17, 15) is 4.79 Å². The first-order chi connectivity index (χ1) is 12.2. The van der Waals surface area contributed by atoms with Gasteiger partial charge in [-0.3, -0.25) is 4.79 Å². The van der Waals surface area contributed by atoms with E-state index in [0.29, 0.717) is 11.5 Å². The SMILES string of the molecule is COc1ccc(CC2CCN(C(=O)c3ccc4ncnn4c3)C2)cc1. The van der Waals surface area contributed by atoms with Crippen molar-refractivity contribution in [2.75, 3.05) is 20.2 Å². The molecular weight excluding hydrogens is 316 g/mol. The number of ether oxygens (including phenoxy) is 1. The highest BCUT2D eigenvalue weighted by Crippen LogP contribution is 2.23. The van der Waals surface area contributed by atoms with Gasteiger partial charge in [0.2, 0.25) is 0 Å². The lowest BCUT2D eigenvalue weighted by atomic mass is 9.99. The minimum Gasteiger partial charge on any atom is -0.497 e. The summed E-state index contributed by atoms with van der Waals surface area (Å²) >= 11 is 0. The average molecular weight is 336 g/mol. The Morgan fingerprint density at radius 2 is 2.08 bits per heavy atom. The molecule has 3 aromatic rings. The molecule has 0 spiro atoms. The molecular formula is C19H20N4O2. The number of hydrogen-bond donors (Lipinski definition) is 0. The highest BCUT2D eigenvalue weighted by molar-refractivity contribution is 5.94. The van der Waals surface area contributed by atoms with Gasteiger partial charge in [0, 0.05) is 19.3 Å². The number of rotatable bonds is 4. The highest BCUT2D eigenvalue weighted by atomic mass is 16.5. The molecule has 1 atom stereocenters. The van der Waals surface area contributed by atoms with E-state index in [1.807, 2.05) is 29.2 Å². The van der Waals surface area contributed by atoms with E-state index in [1.165, 1.54) is 11.9 Å². The van der Waals surface area contributed by atoms with Crippen molar-refractivity contribution >= 4 is 11.6 Å². The van der Waals surface area contributed by atoms with Gasteiger partial charge in [-0.15, -0.1) is 0 Å². The van der Waals surface area contributed by atoms with E-state index in [0.717, 1.165) is 37.3 Å². The molecule has 6 heteroatoms. The second-order valence-corrected chi connectivity index (χ2v) is 6.44. The zero-order chi connectivity index (χ0) is 17.2. The summed E-state index contributed by atoms with van der Waals surface area (Å²) in [5, 5.41) is 4.10. The van der Waals surface area contributed by atoms with Crippen LogP contribution < -0.4 is 4.74 Å². The first-order valence-electron chi connectivity index (χ1n) is 8.44. The van der Waals surface area contributed by atoms with Gasteiger partial charge in [0.25, 0.3) is 5.91 Å². The molecule has 0 bridgehead atoms. The number of carbonyl (C=O) groups is 1. The lowest BCUT2D eigenvalue weighted by molar-refractivity contribution is 0.0786. The van der Waals surface area contributed by atoms with Crippen LogP contribution in [0.25, 0.3) is 5.65 Å². The van der Waals surface area contributed by atoms with Crippen LogP contribution in [0.3, 0.4) is 0 Å². The van der Waals surface area contributed by atoms with Gasteiger partial charge in [-0.1, -0.05) is 12.1 Å². The molecule has 2 aromatic heterocycles. The number of aromatic nitrogens is 3. The number of pyridine rings is 1. The summed E-state index contributed by atoms with van der Waals surface area (Å²) < 4.78 is 6.83. The van der Waals surface area contributed by atoms with Crippen LogP contribution in [0.5, 0.6) is 5.75 Å². The summed E-state index contributed by atoms with van der Waals surface area (Å²) in [6, 6.07) is 11.8. The van der Waals surface area contributed by atoms with Crippen molar-refractivity contribution in [2.24, 2.45) is 5.92 Å². The van der Waals surface area contributed by atoms with Crippen molar-refractivity contribution in [1.82, 2.24) is 19.5 Å². The first kappa shape index (κ1) is 15.6. The Balaban J connectivity index is 1.41. The van der Waals surface area contributed by atoms with Crippen molar-refractivity contribution in [3.63, 3.8) is 0 Å². The Morgan fingerprint density at radius 1 is 1.24 bits per heavy atom. The smallest absolute Gasteiger partial charge is 0.255 e. The molecule has 6 nitrogen and oxygen atoms in total. The van der Waals surface area contributed by atoms with Gasteiger partial charge in [0.1, 0.15) is 12.1 Å². The summed E-state index contributed by atoms with van der Waals surface area (Å²) in [6.45, 7) is 1.59. The van der Waals surface area contributed by atoms with E-state index in [1.54, 1.807) is 17.8 Å². The molecule has 1 fully saturated rings. The van der Waals surface area contributed by atoms with Gasteiger partial charge in [-0.05, 0) is 48.6 Å². The molecule has 0 aliphatic carbocycles. The number of fused-ring (bicyclic) bond motifs is 1. The number of likely N-dealkylation sites (tertiary alicyclic amines) is 1. The van der Waals surface area contributed by atoms with Gasteiger partial charge < -0.3 is 9.64 Å². The van der Waals surface area contributed by atoms with Crippen LogP contribution in [0.15, 0.2) is 48.9 Å². The number of methoxy groups -OCH3 is 1. The van der Waals surface area contributed by atoms with E-state index >= 15 is 0 Å². The summed E-state index contributed by atoms with van der Waals surface area (Å²) in [7, 11) is 1.67. The molecule has 0 radical (unpaired) electrons. The Morgan fingerprint density at radius 3 is 2.88 bits per heavy atom. The van der Waals surface area contributed by atoms with Gasteiger partial charge in [0.15, 0.2) is 5.65 Å². The standard InChI is InChI=1S/C19H20N4O2/c1-25-17-5-2-14(3-6-17)10-15-8-9-22(11-15)19(24)16-4-7-18-20-13-21-23(18)12-16/h2-7,12-13,15H,8-11H2,1H3. The molecule has 1 saturated heterocycles. The van der Waals surface area contributed by atoms with Crippen molar-refractivity contribution in [3.8, 4) is 5.75 Å². The van der Waals surface area contributed by atoms with Crippen LogP contribution in [-0.4, -0.2) is 45.6 Å². The predicted molar refractivity (Wildman–Crippen MR) is 93.7 cm³/mol. The summed E-state index contributed by atoms with van der Waals surface area (Å²) in [5.74, 6) is 1.43. The highest BCUT2D eigenvalue weighted by Gasteiger charge is 2.27. The van der Waals surface area contributed by atoms with Crippen LogP contribution >= 0.6 is 0 Å². The molecule has 128 valence electrons. The van der Waals surface area contributed by atoms with Gasteiger partial charge >= 0.3 is 0 Å². The van der Waals surface area contributed by atoms with Crippen molar-refractivity contribution in [1.29, 1.82) is 0 Å². The third kappa shape index (κ3) is 3.20. The fourth-order valence-electron chi connectivity index (χ4n) is 3.40. The van der Waals surface area contributed by atoms with E-state index < -0.39 is 0 Å². The molecule has 1 aliphatic heterocycles. The number of amides is 1. The number of benzene rings is 1. The van der Waals surface area contributed by atoms with Crippen LogP contribution in [0.1, 0.15) is 22.3 Å². The van der Waals surface area contributed by atoms with E-state index in [2.05, 4.69) is 22.2 Å². The first-order valence-corrected chi connectivity index (χ1v) is 8.44. The Bertz CT molecular complexity index is 888. The fraction of sp³-hybridized carbons (Fsp3) is 0.316. The maximum absolute atomic E-state index is 12.7. The number of nitrogens with zero attached hydrogens (tertiary/aromatic N) is 4. The third-order valence-corrected chi connectivity index (χ3v) is 4.78. The Labute approximate surface area is 146 Å². The van der Waals surface area contributed by atoms with Crippen LogP contribution in [0.2, 0.25) is 0 Å². The van der Waals surface area contributed by atoms with Crippen molar-refractivity contribution in [2.45, 2.75) is 12.8 Å². The Kier molecular flexibility index (Phi) is 4.09. The topological polar surface area (TPSA) is 59.7 Å². The predicted octanol–water partition coefficient (Wildman–Crippen LogP) is 2.44. The average Bonchev–Trinajstić information content (AvgIpc) is 3.30. The lowest BCUT2D eigenvalue weighted by Gasteiger charge is -2.17. The van der Waals surface area contributed by atoms with E-state index in [4.69, 9.17) is 4.74 Å². The number of hydrogen-bond acceptors (Lipinski definition) is 4. The monoisotopic (exact) mass is 336 g/mol. The van der Waals surface area contributed by atoms with Gasteiger partial charge in [-0.25, -0.2) is 9.50 Å². The van der Waals surface area contributed by atoms with Crippen LogP contribution in [0.4, 0.5) is 0 Å². The normalized spacial score (nSPS) is 17.2. The largest absolute Gasteiger partial charge is 0.497 e. The molecule has 0 saturated carbocycles. The van der Waals surface area contributed by atoms with Crippen molar-refractivity contribution < 1.29 is 9.53 Å². The maximum atomic E-state index is 12.7. The molecule has 1 amide bonds. The minimum atomic E-state index is 0.0645. The summed E-state index contributed by atoms with van der Waals surface area (Å²) in [4.78, 5) is 18.8. The quantitative estimate of drug-likeness (QED) is 0.734. The molecule has 25 heavy (non-hydrogen) atoms. The van der Waals surface area contributed by atoms with Crippen molar-refractivity contribution in [3.05, 3.63) is 60.0 Å². The zero-order valence-electron chi connectivity index (χ0n) is 14.1. The summed E-state index contributed by atoms with van der Waals surface area (Å²) in [6.07, 6.45) is 5.25. The van der Waals surface area contributed by atoms with Gasteiger partial charge in [0.05, 0.1) is 12.7 Å². The van der Waals surface area contributed by atoms with Crippen LogP contribution in [-0.2, 0) is 6.42 Å². The lowest BCUT2D eigenvalue weighted by Crippen LogP contribution is -2.29. The molecule has 0 N–H and O–H groups in total. The molecule has 3 heterocycles. The number of carbonyl (C=O) groups excluding carboxylic acids is 1. The Hall–Kier alpha value is -2.89. The molecule has 4 rings (SSSR count). The third-order valence-electron chi connectivity index (χ3n) is 4.78. The fourth-order valence-corrected chi connectivity index (χ4v) is 3.40. The molecule has 1 aliphatic rings. The maximum Gasteiger partial charge on any atom is 0.255 e. The van der Waals surface area contributed by atoms with Gasteiger partial charge in [-0.2, -0.15) is 5.10 Å². The van der Waals surface area contributed by atoms with Crippen LogP contribution in [0, 0.1) is 5.92 Å². The second-order valence-electron chi connectivity index (χ2n) is 6.44. The van der Waals surface area contributed by atoms with E-state index in [-0.39, 0.29) is 5.91 Å². The zero-order valence-corrected chi connectivity index (χ0v) is 14.1. The molecule has 1 unspecified atom stereocenters. The minimum absolute atomic E-state index is 0.0645. The molecule has 1 aromatic carbocycles. The second kappa shape index (κ2) is 6.55. The summed E-state index contributed by atoms with van der Waals surface area (Å²) in [5.41, 5.74) is 2.68.